The van der Waals surface area contributed by atoms with Gasteiger partial charge in [-0.1, -0.05) is 68.4 Å². The normalized spacial score (nSPS) is 14.6. The first-order chi connectivity index (χ1) is 14.1. The zero-order valence-electron chi connectivity index (χ0n) is 16.8. The summed E-state index contributed by atoms with van der Waals surface area (Å²) in [5.74, 6) is 1.50. The molecule has 1 fully saturated rings. The molecule has 1 N–H and O–H groups in total. The van der Waals surface area contributed by atoms with Crippen LogP contribution in [0.3, 0.4) is 0 Å². The lowest BCUT2D eigenvalue weighted by molar-refractivity contribution is -0.117. The second-order valence-corrected chi connectivity index (χ2v) is 9.03. The molecule has 0 radical (unpaired) electrons. The highest BCUT2D eigenvalue weighted by atomic mass is 32.1. The van der Waals surface area contributed by atoms with E-state index < -0.39 is 0 Å². The maximum absolute atomic E-state index is 12.5. The molecule has 1 saturated carbocycles. The van der Waals surface area contributed by atoms with E-state index in [1.807, 2.05) is 30.3 Å². The van der Waals surface area contributed by atoms with Gasteiger partial charge in [0.1, 0.15) is 4.88 Å². The molecule has 3 aromatic rings. The van der Waals surface area contributed by atoms with Crippen LogP contribution in [0.5, 0.6) is 0 Å². The fraction of sp³-hybridized carbons (Fsp3) is 0.476. The molecule has 4 rings (SSSR count). The van der Waals surface area contributed by atoms with Crippen molar-refractivity contribution in [2.24, 2.45) is 11.8 Å². The highest BCUT2D eigenvalue weighted by molar-refractivity contribution is 7.19. The largest absolute Gasteiger partial charge is 0.302 e. The fourth-order valence-corrected chi connectivity index (χ4v) is 4.63. The third-order valence-corrected chi connectivity index (χ3v) is 6.02. The number of amides is 1. The summed E-state index contributed by atoms with van der Waals surface area (Å²) in [6, 6.07) is 9.92. The highest BCUT2D eigenvalue weighted by Crippen LogP contribution is 2.37. The predicted molar refractivity (Wildman–Crippen MR) is 114 cm³/mol. The lowest BCUT2D eigenvalue weighted by Gasteiger charge is -2.07. The zero-order valence-corrected chi connectivity index (χ0v) is 17.7. The van der Waals surface area contributed by atoms with Gasteiger partial charge in [-0.25, -0.2) is 4.98 Å². The lowest BCUT2D eigenvalue weighted by atomic mass is 10.0. The molecule has 1 aliphatic carbocycles. The van der Waals surface area contributed by atoms with Gasteiger partial charge in [0.25, 0.3) is 0 Å². The predicted octanol–water partition coefficient (Wildman–Crippen LogP) is 4.64. The topological polar surface area (TPSA) is 85.6 Å². The number of anilines is 1. The number of tetrazole rings is 1. The summed E-state index contributed by atoms with van der Waals surface area (Å²) in [5.41, 5.74) is 1.74. The SMILES string of the molecule is CC(C)Cn1nnc(-c2sc(NC(=O)CC3CCCC3)nc2-c2ccccc2)n1. The number of benzene rings is 1. The Labute approximate surface area is 174 Å². The minimum Gasteiger partial charge on any atom is -0.302 e. The number of hydrogen-bond donors (Lipinski definition) is 1. The van der Waals surface area contributed by atoms with E-state index in [1.165, 1.54) is 24.2 Å². The van der Waals surface area contributed by atoms with Crippen LogP contribution in [0.15, 0.2) is 30.3 Å². The van der Waals surface area contributed by atoms with Crippen molar-refractivity contribution in [1.29, 1.82) is 0 Å². The summed E-state index contributed by atoms with van der Waals surface area (Å²) in [7, 11) is 0. The lowest BCUT2D eigenvalue weighted by Crippen LogP contribution is -2.14. The number of carbonyl (C=O) groups excluding carboxylic acids is 1. The summed E-state index contributed by atoms with van der Waals surface area (Å²) in [4.78, 5) is 19.6. The van der Waals surface area contributed by atoms with Crippen LogP contribution in [0, 0.1) is 11.8 Å². The summed E-state index contributed by atoms with van der Waals surface area (Å²) in [6.07, 6.45) is 5.33. The average Bonchev–Trinajstić information content (AvgIpc) is 3.43. The van der Waals surface area contributed by atoms with E-state index in [4.69, 9.17) is 4.98 Å². The maximum Gasteiger partial charge on any atom is 0.226 e. The molecule has 2 heterocycles. The molecule has 0 unspecified atom stereocenters. The first-order valence-electron chi connectivity index (χ1n) is 10.2. The van der Waals surface area contributed by atoms with E-state index in [0.717, 1.165) is 29.0 Å². The Kier molecular flexibility index (Phi) is 5.99. The molecule has 0 aliphatic heterocycles. The van der Waals surface area contributed by atoms with Crippen molar-refractivity contribution in [3.8, 4) is 22.0 Å². The van der Waals surface area contributed by atoms with E-state index >= 15 is 0 Å². The monoisotopic (exact) mass is 410 g/mol. The Morgan fingerprint density at radius 2 is 2.00 bits per heavy atom. The van der Waals surface area contributed by atoms with Gasteiger partial charge < -0.3 is 5.32 Å². The van der Waals surface area contributed by atoms with E-state index in [-0.39, 0.29) is 5.91 Å². The number of thiazole rings is 1. The summed E-state index contributed by atoms with van der Waals surface area (Å²) >= 11 is 1.40. The Morgan fingerprint density at radius 3 is 2.72 bits per heavy atom. The highest BCUT2D eigenvalue weighted by Gasteiger charge is 2.22. The summed E-state index contributed by atoms with van der Waals surface area (Å²) < 4.78 is 0. The average molecular weight is 411 g/mol. The fourth-order valence-electron chi connectivity index (χ4n) is 3.70. The van der Waals surface area contributed by atoms with E-state index in [2.05, 4.69) is 34.6 Å². The van der Waals surface area contributed by atoms with Gasteiger partial charge in [-0.15, -0.1) is 10.2 Å². The maximum atomic E-state index is 12.5. The molecule has 8 heteroatoms. The summed E-state index contributed by atoms with van der Waals surface area (Å²) in [6.45, 7) is 4.93. The minimum absolute atomic E-state index is 0.0354. The van der Waals surface area contributed by atoms with Gasteiger partial charge in [0.15, 0.2) is 5.13 Å². The van der Waals surface area contributed by atoms with Gasteiger partial charge in [-0.3, -0.25) is 4.79 Å². The number of rotatable bonds is 7. The first-order valence-corrected chi connectivity index (χ1v) is 11.0. The number of carbonyl (C=O) groups is 1. The quantitative estimate of drug-likeness (QED) is 0.613. The molecule has 2 aromatic heterocycles. The van der Waals surface area contributed by atoms with Gasteiger partial charge in [-0.05, 0) is 29.9 Å². The van der Waals surface area contributed by atoms with Crippen molar-refractivity contribution in [1.82, 2.24) is 25.2 Å². The molecule has 0 atom stereocenters. The van der Waals surface area contributed by atoms with Crippen LogP contribution in [-0.4, -0.2) is 31.1 Å². The van der Waals surface area contributed by atoms with Crippen molar-refractivity contribution in [3.63, 3.8) is 0 Å². The molecule has 0 saturated heterocycles. The molecule has 1 amide bonds. The van der Waals surface area contributed by atoms with Crippen molar-refractivity contribution >= 4 is 22.4 Å². The third kappa shape index (κ3) is 4.87. The number of nitrogens with one attached hydrogen (secondary N) is 1. The van der Waals surface area contributed by atoms with E-state index in [1.54, 1.807) is 4.80 Å². The van der Waals surface area contributed by atoms with E-state index in [0.29, 0.717) is 35.8 Å². The minimum atomic E-state index is 0.0354. The molecule has 1 aliphatic rings. The molecule has 0 spiro atoms. The number of nitrogens with zero attached hydrogens (tertiary/aromatic N) is 5. The molecule has 1 aromatic carbocycles. The molecule has 0 bridgehead atoms. The third-order valence-electron chi connectivity index (χ3n) is 5.05. The summed E-state index contributed by atoms with van der Waals surface area (Å²) in [5, 5.41) is 16.5. The first kappa shape index (κ1) is 19.7. The Bertz CT molecular complexity index is 959. The van der Waals surface area contributed by atoms with Crippen molar-refractivity contribution in [3.05, 3.63) is 30.3 Å². The Hall–Kier alpha value is -2.61. The van der Waals surface area contributed by atoms with Crippen LogP contribution >= 0.6 is 11.3 Å². The number of hydrogen-bond acceptors (Lipinski definition) is 6. The van der Waals surface area contributed by atoms with Crippen LogP contribution in [0.25, 0.3) is 22.0 Å². The molecular weight excluding hydrogens is 384 g/mol. The molecule has 7 nitrogen and oxygen atoms in total. The second kappa shape index (κ2) is 8.82. The van der Waals surface area contributed by atoms with Crippen molar-refractivity contribution < 1.29 is 4.79 Å². The van der Waals surface area contributed by atoms with Gasteiger partial charge in [0.05, 0.1) is 12.2 Å². The van der Waals surface area contributed by atoms with Crippen LogP contribution < -0.4 is 5.32 Å². The Balaban J connectivity index is 1.60. The van der Waals surface area contributed by atoms with E-state index in [9.17, 15) is 4.79 Å². The van der Waals surface area contributed by atoms with Gasteiger partial charge in [0, 0.05) is 12.0 Å². The van der Waals surface area contributed by atoms with Gasteiger partial charge in [-0.2, -0.15) is 4.80 Å². The zero-order chi connectivity index (χ0) is 20.2. The molecular formula is C21H26N6OS. The standard InChI is InChI=1S/C21H26N6OS/c1-14(2)13-27-25-20(24-26-27)19-18(16-10-4-3-5-11-16)23-21(29-19)22-17(28)12-15-8-6-7-9-15/h3-5,10-11,14-15H,6-9,12-13H2,1-2H3,(H,22,23,28). The Morgan fingerprint density at radius 1 is 1.24 bits per heavy atom. The van der Waals surface area contributed by atoms with Crippen molar-refractivity contribution in [2.45, 2.75) is 52.5 Å². The van der Waals surface area contributed by atoms with Crippen LogP contribution in [0.2, 0.25) is 0 Å². The van der Waals surface area contributed by atoms with Gasteiger partial charge >= 0.3 is 0 Å². The number of aromatic nitrogens is 5. The van der Waals surface area contributed by atoms with Crippen LogP contribution in [0.1, 0.15) is 46.0 Å². The van der Waals surface area contributed by atoms with Gasteiger partial charge in [0.2, 0.25) is 11.7 Å². The van der Waals surface area contributed by atoms with Crippen LogP contribution in [0.4, 0.5) is 5.13 Å². The van der Waals surface area contributed by atoms with Crippen LogP contribution in [-0.2, 0) is 11.3 Å². The second-order valence-electron chi connectivity index (χ2n) is 8.03. The molecule has 29 heavy (non-hydrogen) atoms. The van der Waals surface area contributed by atoms with Crippen molar-refractivity contribution in [2.75, 3.05) is 5.32 Å². The smallest absolute Gasteiger partial charge is 0.226 e. The molecule has 152 valence electrons.